The number of hydrogen-bond donors (Lipinski definition) is 2. The van der Waals surface area contributed by atoms with E-state index in [1.807, 2.05) is 12.1 Å². The highest BCUT2D eigenvalue weighted by Crippen LogP contribution is 2.29. The van der Waals surface area contributed by atoms with Crippen molar-refractivity contribution in [1.82, 2.24) is 19.9 Å². The summed E-state index contributed by atoms with van der Waals surface area (Å²) in [7, 11) is 0. The van der Waals surface area contributed by atoms with Crippen LogP contribution in [0.4, 0.5) is 18.2 Å². The Morgan fingerprint density at radius 3 is 2.65 bits per heavy atom. The van der Waals surface area contributed by atoms with E-state index >= 15 is 0 Å². The van der Waals surface area contributed by atoms with Gasteiger partial charge in [-0.3, -0.25) is 14.6 Å². The first kappa shape index (κ1) is 21.2. The Morgan fingerprint density at radius 2 is 1.87 bits per heavy atom. The highest BCUT2D eigenvalue weighted by molar-refractivity contribution is 7.10. The van der Waals surface area contributed by atoms with Crippen LogP contribution < -0.4 is 10.6 Å². The molecule has 0 unspecified atom stereocenters. The Bertz CT molecular complexity index is 1170. The van der Waals surface area contributed by atoms with Crippen LogP contribution in [0.3, 0.4) is 0 Å². The van der Waals surface area contributed by atoms with Crippen LogP contribution in [0, 0.1) is 0 Å². The third-order valence-electron chi connectivity index (χ3n) is 4.69. The molecule has 0 aliphatic heterocycles. The maximum atomic E-state index is 12.8. The number of benzene rings is 1. The largest absolute Gasteiger partial charge is 0.417 e. The van der Waals surface area contributed by atoms with Gasteiger partial charge in [-0.1, -0.05) is 22.2 Å². The summed E-state index contributed by atoms with van der Waals surface area (Å²) in [6.45, 7) is 0. The molecule has 0 saturated carbocycles. The number of aromatic nitrogens is 3. The summed E-state index contributed by atoms with van der Waals surface area (Å²) in [5, 5.41) is 9.62. The van der Waals surface area contributed by atoms with Gasteiger partial charge in [0.1, 0.15) is 5.00 Å². The summed E-state index contributed by atoms with van der Waals surface area (Å²) in [5.41, 5.74) is 0.642. The van der Waals surface area contributed by atoms with Crippen molar-refractivity contribution >= 4 is 39.9 Å². The first-order valence-corrected chi connectivity index (χ1v) is 10.1. The highest BCUT2D eigenvalue weighted by atomic mass is 35.5. The summed E-state index contributed by atoms with van der Waals surface area (Å²) in [6.07, 6.45) is -1.80. The predicted octanol–water partition coefficient (Wildman–Crippen LogP) is 3.75. The Balaban J connectivity index is 1.44. The summed E-state index contributed by atoms with van der Waals surface area (Å²) < 4.78 is 42.2. The maximum Gasteiger partial charge on any atom is 0.417 e. The van der Waals surface area contributed by atoms with E-state index in [1.54, 1.807) is 6.07 Å². The number of nitrogens with one attached hydrogen (secondary N) is 2. The third-order valence-corrected chi connectivity index (χ3v) is 5.57. The van der Waals surface area contributed by atoms with Crippen molar-refractivity contribution in [1.29, 1.82) is 0 Å². The van der Waals surface area contributed by atoms with Crippen molar-refractivity contribution in [3.8, 4) is 0 Å². The SMILES string of the molecule is O=C(Nc1snnc1C(=O)N[C@H]1Cc2ccc(Cl)cc2C1)c1cncc(C(F)(F)F)c1. The first-order chi connectivity index (χ1) is 14.7. The molecule has 2 aromatic heterocycles. The molecule has 3 aromatic rings. The highest BCUT2D eigenvalue weighted by Gasteiger charge is 2.32. The number of anilines is 1. The van der Waals surface area contributed by atoms with Gasteiger partial charge in [0.2, 0.25) is 0 Å². The molecule has 0 bridgehead atoms. The van der Waals surface area contributed by atoms with E-state index in [0.29, 0.717) is 30.1 Å². The molecule has 7 nitrogen and oxygen atoms in total. The fourth-order valence-electron chi connectivity index (χ4n) is 3.26. The topological polar surface area (TPSA) is 96.9 Å². The lowest BCUT2D eigenvalue weighted by atomic mass is 10.1. The molecular weight excluding hydrogens is 455 g/mol. The first-order valence-electron chi connectivity index (χ1n) is 8.95. The van der Waals surface area contributed by atoms with E-state index in [2.05, 4.69) is 25.2 Å². The Kier molecular flexibility index (Phi) is 5.63. The molecule has 2 N–H and O–H groups in total. The lowest BCUT2D eigenvalue weighted by molar-refractivity contribution is -0.137. The molecule has 0 fully saturated rings. The minimum absolute atomic E-state index is 0.0264. The van der Waals surface area contributed by atoms with Crippen LogP contribution in [0.2, 0.25) is 5.02 Å². The average Bonchev–Trinajstić information content (AvgIpc) is 3.33. The standard InChI is InChI=1S/C19H13ClF3N5O2S/c20-13-2-1-9-5-14(6-10(9)4-13)25-17(30)15-18(31-28-27-15)26-16(29)11-3-12(8-24-7-11)19(21,22)23/h1-4,7-8,14H,5-6H2,(H,25,30)(H,26,29)/t14-/m0/s1. The van der Waals surface area contributed by atoms with Gasteiger partial charge in [0.15, 0.2) is 5.69 Å². The molecule has 160 valence electrons. The van der Waals surface area contributed by atoms with Gasteiger partial charge in [-0.05, 0) is 42.2 Å². The number of rotatable bonds is 4. The summed E-state index contributed by atoms with van der Waals surface area (Å²) >= 11 is 6.75. The Morgan fingerprint density at radius 1 is 1.10 bits per heavy atom. The average molecular weight is 468 g/mol. The molecule has 2 amide bonds. The molecule has 1 aliphatic rings. The summed E-state index contributed by atoms with van der Waals surface area (Å²) in [4.78, 5) is 28.5. The third kappa shape index (κ3) is 4.67. The number of fused-ring (bicyclic) bond motifs is 1. The lowest BCUT2D eigenvalue weighted by Crippen LogP contribution is -2.36. The normalized spacial score (nSPS) is 15.4. The van der Waals surface area contributed by atoms with Crippen LogP contribution in [0.25, 0.3) is 0 Å². The number of amides is 2. The number of halogens is 4. The smallest absolute Gasteiger partial charge is 0.347 e. The van der Waals surface area contributed by atoms with Crippen LogP contribution in [-0.2, 0) is 19.0 Å². The van der Waals surface area contributed by atoms with Crippen molar-refractivity contribution in [2.75, 3.05) is 5.32 Å². The second-order valence-electron chi connectivity index (χ2n) is 6.86. The van der Waals surface area contributed by atoms with Gasteiger partial charge < -0.3 is 10.6 Å². The molecule has 31 heavy (non-hydrogen) atoms. The fourth-order valence-corrected chi connectivity index (χ4v) is 4.02. The number of hydrogen-bond acceptors (Lipinski definition) is 6. The van der Waals surface area contributed by atoms with E-state index in [4.69, 9.17) is 11.6 Å². The van der Waals surface area contributed by atoms with Crippen molar-refractivity contribution < 1.29 is 22.8 Å². The van der Waals surface area contributed by atoms with E-state index in [-0.39, 0.29) is 22.3 Å². The summed E-state index contributed by atoms with van der Waals surface area (Å²) in [5.74, 6) is -1.41. The zero-order valence-electron chi connectivity index (χ0n) is 15.5. The number of nitrogens with zero attached hydrogens (tertiary/aromatic N) is 3. The quantitative estimate of drug-likeness (QED) is 0.609. The number of pyridine rings is 1. The predicted molar refractivity (Wildman–Crippen MR) is 107 cm³/mol. The second-order valence-corrected chi connectivity index (χ2v) is 8.05. The van der Waals surface area contributed by atoms with Crippen molar-refractivity contribution in [3.05, 3.63) is 69.6 Å². The van der Waals surface area contributed by atoms with E-state index in [9.17, 15) is 22.8 Å². The van der Waals surface area contributed by atoms with Crippen LogP contribution in [-0.4, -0.2) is 32.4 Å². The van der Waals surface area contributed by atoms with Crippen LogP contribution in [0.5, 0.6) is 0 Å². The molecular formula is C19H13ClF3N5O2S. The van der Waals surface area contributed by atoms with Gasteiger partial charge in [-0.2, -0.15) is 13.2 Å². The van der Waals surface area contributed by atoms with Crippen LogP contribution in [0.15, 0.2) is 36.7 Å². The molecule has 0 saturated heterocycles. The second kappa shape index (κ2) is 8.23. The van der Waals surface area contributed by atoms with Crippen molar-refractivity contribution in [2.45, 2.75) is 25.1 Å². The van der Waals surface area contributed by atoms with Crippen molar-refractivity contribution in [3.63, 3.8) is 0 Å². The zero-order chi connectivity index (χ0) is 22.2. The summed E-state index contributed by atoms with van der Waals surface area (Å²) in [6, 6.07) is 6.03. The minimum atomic E-state index is -4.64. The number of carbonyl (C=O) groups excluding carboxylic acids is 2. The minimum Gasteiger partial charge on any atom is -0.347 e. The maximum absolute atomic E-state index is 12.8. The molecule has 12 heteroatoms. The van der Waals surface area contributed by atoms with Crippen LogP contribution in [0.1, 0.15) is 37.5 Å². The van der Waals surface area contributed by atoms with E-state index in [0.717, 1.165) is 28.9 Å². The molecule has 1 aromatic carbocycles. The van der Waals surface area contributed by atoms with Gasteiger partial charge >= 0.3 is 6.18 Å². The van der Waals surface area contributed by atoms with Crippen LogP contribution >= 0.6 is 23.1 Å². The van der Waals surface area contributed by atoms with E-state index < -0.39 is 23.6 Å². The van der Waals surface area contributed by atoms with Gasteiger partial charge in [0.25, 0.3) is 11.8 Å². The van der Waals surface area contributed by atoms with Gasteiger partial charge in [-0.15, -0.1) is 5.10 Å². The number of alkyl halides is 3. The van der Waals surface area contributed by atoms with Gasteiger partial charge in [-0.25, -0.2) is 0 Å². The van der Waals surface area contributed by atoms with Gasteiger partial charge in [0.05, 0.1) is 11.1 Å². The number of carbonyl (C=O) groups is 2. The Hall–Kier alpha value is -3.05. The monoisotopic (exact) mass is 467 g/mol. The van der Waals surface area contributed by atoms with Crippen molar-refractivity contribution in [2.24, 2.45) is 0 Å². The Labute approximate surface area is 182 Å². The molecule has 1 atom stereocenters. The molecule has 4 rings (SSSR count). The fraction of sp³-hybridized carbons (Fsp3) is 0.211. The zero-order valence-corrected chi connectivity index (χ0v) is 17.1. The molecule has 1 aliphatic carbocycles. The van der Waals surface area contributed by atoms with Gasteiger partial charge in [0, 0.05) is 35.0 Å². The lowest BCUT2D eigenvalue weighted by Gasteiger charge is -2.11. The molecule has 0 radical (unpaired) electrons. The molecule has 0 spiro atoms. The van der Waals surface area contributed by atoms with E-state index in [1.165, 1.54) is 0 Å². The molecule has 2 heterocycles.